The van der Waals surface area contributed by atoms with E-state index in [0.29, 0.717) is 11.1 Å². The minimum atomic E-state index is -0.132. The first-order chi connectivity index (χ1) is 10.4. The van der Waals surface area contributed by atoms with E-state index < -0.39 is 0 Å². The second-order valence-electron chi connectivity index (χ2n) is 4.15. The fourth-order valence-electron chi connectivity index (χ4n) is 0.942. The molecule has 0 saturated carbocycles. The van der Waals surface area contributed by atoms with Crippen molar-refractivity contribution in [2.45, 2.75) is 13.8 Å². The number of aromatic nitrogens is 2. The van der Waals surface area contributed by atoms with Crippen LogP contribution >= 0.6 is 0 Å². The summed E-state index contributed by atoms with van der Waals surface area (Å²) in [5.74, 6) is -0.264. The predicted octanol–water partition coefficient (Wildman–Crippen LogP) is 2.16. The van der Waals surface area contributed by atoms with E-state index in [1.54, 1.807) is 66.3 Å². The van der Waals surface area contributed by atoms with Gasteiger partial charge in [-0.3, -0.25) is 9.97 Å². The van der Waals surface area contributed by atoms with Gasteiger partial charge in [-0.2, -0.15) is 28.2 Å². The van der Waals surface area contributed by atoms with Gasteiger partial charge < -0.3 is 20.8 Å². The maximum atomic E-state index is 10.5. The van der Waals surface area contributed by atoms with Crippen LogP contribution < -0.4 is 10.2 Å². The molecule has 2 heterocycles. The molecular weight excluding hydrogens is 328 g/mol. The molecule has 0 aliphatic rings. The number of hydrogen-bond donors (Lipinski definition) is 0. The first-order valence-electron chi connectivity index (χ1n) is 6.57. The molecule has 0 spiro atoms. The molecular formula is C16H24N4O2Ti. The van der Waals surface area contributed by atoms with Crippen molar-refractivity contribution in [2.24, 2.45) is 0 Å². The van der Waals surface area contributed by atoms with Crippen molar-refractivity contribution >= 4 is 0 Å². The van der Waals surface area contributed by atoms with E-state index in [2.05, 4.69) is 20.6 Å². The SMILES string of the molecule is C[N-]C.C[N-]C.Cc1cccnc1[O-].Cc1cccnc1[O-].[Ti+4]. The van der Waals surface area contributed by atoms with Crippen LogP contribution in [-0.4, -0.2) is 38.2 Å². The molecule has 7 heteroatoms. The number of pyridine rings is 2. The summed E-state index contributed by atoms with van der Waals surface area (Å²) in [4.78, 5) is 7.05. The molecule has 0 aliphatic carbocycles. The van der Waals surface area contributed by atoms with Gasteiger partial charge in [0.2, 0.25) is 0 Å². The Bertz CT molecular complexity index is 412. The molecule has 0 saturated heterocycles. The van der Waals surface area contributed by atoms with Crippen molar-refractivity contribution in [3.8, 4) is 11.8 Å². The summed E-state index contributed by atoms with van der Waals surface area (Å²) < 4.78 is 0. The number of rotatable bonds is 0. The Hall–Kier alpha value is -1.47. The summed E-state index contributed by atoms with van der Waals surface area (Å²) in [6.07, 6.45) is 2.99. The smallest absolute Gasteiger partial charge is 0.858 e. The maximum Gasteiger partial charge on any atom is 4.00 e. The van der Waals surface area contributed by atoms with Crippen molar-refractivity contribution in [1.82, 2.24) is 9.97 Å². The quantitative estimate of drug-likeness (QED) is 0.678. The Morgan fingerprint density at radius 3 is 1.13 bits per heavy atom. The van der Waals surface area contributed by atoms with Crippen LogP contribution in [-0.2, 0) is 21.7 Å². The molecule has 23 heavy (non-hydrogen) atoms. The third-order valence-electron chi connectivity index (χ3n) is 1.92. The van der Waals surface area contributed by atoms with Crippen LogP contribution in [0.15, 0.2) is 36.7 Å². The molecule has 0 amide bonds. The van der Waals surface area contributed by atoms with Crippen LogP contribution in [0.5, 0.6) is 11.8 Å². The first-order valence-corrected chi connectivity index (χ1v) is 6.57. The standard InChI is InChI=1S/2C6H7NO.2C2H6N.Ti/c2*1-5-3-2-4-7-6(5)8;2*1-3-2;/h2*2-4H,1H3,(H,7,8);2*1-2H3;/q;;2*-1;+4/p-2. The van der Waals surface area contributed by atoms with Crippen molar-refractivity contribution in [2.75, 3.05) is 28.2 Å². The average Bonchev–Trinajstić information content (AvgIpc) is 2.48. The van der Waals surface area contributed by atoms with Gasteiger partial charge in [0.15, 0.2) is 0 Å². The number of aryl methyl sites for hydroxylation is 2. The largest absolute Gasteiger partial charge is 4.00 e. The number of nitrogens with zero attached hydrogens (tertiary/aromatic N) is 4. The summed E-state index contributed by atoms with van der Waals surface area (Å²) in [5.41, 5.74) is 1.40. The molecule has 2 aromatic rings. The molecule has 124 valence electrons. The molecule has 2 rings (SSSR count). The molecule has 0 unspecified atom stereocenters. The van der Waals surface area contributed by atoms with Gasteiger partial charge in [-0.05, 0) is 48.9 Å². The molecule has 0 atom stereocenters. The van der Waals surface area contributed by atoms with Crippen LogP contribution in [0.3, 0.4) is 0 Å². The van der Waals surface area contributed by atoms with Crippen molar-refractivity contribution in [3.05, 3.63) is 58.4 Å². The zero-order valence-electron chi connectivity index (χ0n) is 14.6. The molecule has 0 fully saturated rings. The third kappa shape index (κ3) is 16.7. The van der Waals surface area contributed by atoms with Gasteiger partial charge in [0.25, 0.3) is 0 Å². The van der Waals surface area contributed by atoms with E-state index in [1.807, 2.05) is 0 Å². The van der Waals surface area contributed by atoms with Gasteiger partial charge in [-0.1, -0.05) is 12.1 Å². The Balaban J connectivity index is -0.000000253. The minimum absolute atomic E-state index is 0. The fraction of sp³-hybridized carbons (Fsp3) is 0.375. The van der Waals surface area contributed by atoms with Gasteiger partial charge >= 0.3 is 21.7 Å². The second kappa shape index (κ2) is 18.6. The fourth-order valence-corrected chi connectivity index (χ4v) is 0.942. The molecule has 0 bridgehead atoms. The normalized spacial score (nSPS) is 7.91. The van der Waals surface area contributed by atoms with Crippen LogP contribution in [0.1, 0.15) is 11.1 Å². The first kappa shape index (κ1) is 26.4. The number of hydrogen-bond acceptors (Lipinski definition) is 4. The van der Waals surface area contributed by atoms with Crippen LogP contribution in [0, 0.1) is 13.8 Å². The second-order valence-corrected chi connectivity index (χ2v) is 4.15. The Kier molecular flexibility index (Phi) is 21.4. The Morgan fingerprint density at radius 1 is 0.739 bits per heavy atom. The molecule has 0 N–H and O–H groups in total. The Labute approximate surface area is 154 Å². The van der Waals surface area contributed by atoms with E-state index in [9.17, 15) is 10.2 Å². The zero-order valence-corrected chi connectivity index (χ0v) is 16.1. The average molecular weight is 352 g/mol. The molecule has 0 radical (unpaired) electrons. The van der Waals surface area contributed by atoms with Crippen LogP contribution in [0.4, 0.5) is 0 Å². The van der Waals surface area contributed by atoms with Gasteiger partial charge in [0.1, 0.15) is 0 Å². The molecule has 2 aromatic heterocycles. The summed E-state index contributed by atoms with van der Waals surface area (Å²) in [7, 11) is 7.00. The molecule has 0 aromatic carbocycles. The van der Waals surface area contributed by atoms with Crippen molar-refractivity contribution in [3.63, 3.8) is 0 Å². The molecule has 6 nitrogen and oxygen atoms in total. The van der Waals surface area contributed by atoms with E-state index in [-0.39, 0.29) is 33.5 Å². The van der Waals surface area contributed by atoms with E-state index in [0.717, 1.165) is 0 Å². The summed E-state index contributed by atoms with van der Waals surface area (Å²) >= 11 is 0. The topological polar surface area (TPSA) is 100 Å². The summed E-state index contributed by atoms with van der Waals surface area (Å²) in [6.45, 7) is 3.49. The van der Waals surface area contributed by atoms with Gasteiger partial charge in [-0.15, -0.1) is 0 Å². The van der Waals surface area contributed by atoms with E-state index in [1.165, 1.54) is 12.4 Å². The zero-order chi connectivity index (χ0) is 17.4. The Morgan fingerprint density at radius 2 is 1.00 bits per heavy atom. The third-order valence-corrected chi connectivity index (χ3v) is 1.92. The van der Waals surface area contributed by atoms with Crippen molar-refractivity contribution in [1.29, 1.82) is 0 Å². The molecule has 0 aliphatic heterocycles. The van der Waals surface area contributed by atoms with Crippen molar-refractivity contribution < 1.29 is 31.9 Å². The monoisotopic (exact) mass is 352 g/mol. The van der Waals surface area contributed by atoms with Gasteiger partial charge in [0.05, 0.1) is 0 Å². The van der Waals surface area contributed by atoms with E-state index >= 15 is 0 Å². The minimum Gasteiger partial charge on any atom is -0.858 e. The predicted molar refractivity (Wildman–Crippen MR) is 87.3 cm³/mol. The van der Waals surface area contributed by atoms with Crippen LogP contribution in [0.2, 0.25) is 0 Å². The summed E-state index contributed by atoms with van der Waals surface area (Å²) in [5, 5.41) is 28.0. The van der Waals surface area contributed by atoms with Gasteiger partial charge in [-0.25, -0.2) is 0 Å². The maximum absolute atomic E-state index is 10.5. The van der Waals surface area contributed by atoms with Crippen LogP contribution in [0.25, 0.3) is 10.6 Å². The van der Waals surface area contributed by atoms with E-state index in [4.69, 9.17) is 0 Å². The summed E-state index contributed by atoms with van der Waals surface area (Å²) in [6, 6.07) is 6.98. The van der Waals surface area contributed by atoms with Gasteiger partial charge in [0, 0.05) is 12.4 Å².